The first-order valence-electron chi connectivity index (χ1n) is 11.0. The quantitative estimate of drug-likeness (QED) is 0.324. The molecule has 4 rings (SSSR count). The summed E-state index contributed by atoms with van der Waals surface area (Å²) in [5.41, 5.74) is 8.19. The number of para-hydroxylation sites is 1. The lowest BCUT2D eigenvalue weighted by Crippen LogP contribution is -2.40. The van der Waals surface area contributed by atoms with Gasteiger partial charge in [0.25, 0.3) is 0 Å². The molecule has 8 heteroatoms. The smallest absolute Gasteiger partial charge is 0.326 e. The highest BCUT2D eigenvalue weighted by Gasteiger charge is 2.19. The fourth-order valence-electron chi connectivity index (χ4n) is 3.71. The number of carboxylic acid groups (broad SMARTS) is 1. The number of hydrogen-bond donors (Lipinski definition) is 3. The van der Waals surface area contributed by atoms with E-state index in [1.807, 2.05) is 79.0 Å². The van der Waals surface area contributed by atoms with Crippen LogP contribution in [0.4, 0.5) is 0 Å². The number of fused-ring (bicyclic) bond motifs is 1. The molecule has 0 fully saturated rings. The van der Waals surface area contributed by atoms with Gasteiger partial charge in [-0.05, 0) is 41.5 Å². The van der Waals surface area contributed by atoms with E-state index in [1.165, 1.54) is 6.08 Å². The fourth-order valence-corrected chi connectivity index (χ4v) is 3.71. The molecule has 0 saturated carbocycles. The summed E-state index contributed by atoms with van der Waals surface area (Å²) in [6.07, 6.45) is 4.44. The molecule has 4 N–H and O–H groups in total. The molecular formula is C27H24N4O4. The Hall–Kier alpha value is -4.72. The number of nitrogens with one attached hydrogen (secondary N) is 1. The van der Waals surface area contributed by atoms with Gasteiger partial charge in [0.2, 0.25) is 11.8 Å². The number of nitrogens with zero attached hydrogens (tertiary/aromatic N) is 2. The highest BCUT2D eigenvalue weighted by atomic mass is 16.4. The molecule has 0 bridgehead atoms. The monoisotopic (exact) mass is 468 g/mol. The van der Waals surface area contributed by atoms with E-state index in [0.717, 1.165) is 22.0 Å². The van der Waals surface area contributed by atoms with Gasteiger partial charge in [0.05, 0.1) is 11.4 Å². The lowest BCUT2D eigenvalue weighted by molar-refractivity contribution is -0.141. The highest BCUT2D eigenvalue weighted by Crippen LogP contribution is 2.28. The summed E-state index contributed by atoms with van der Waals surface area (Å²) in [6.45, 7) is 0. The van der Waals surface area contributed by atoms with Gasteiger partial charge in [0, 0.05) is 29.8 Å². The van der Waals surface area contributed by atoms with Crippen molar-refractivity contribution in [1.29, 1.82) is 0 Å². The van der Waals surface area contributed by atoms with Gasteiger partial charge in [-0.2, -0.15) is 5.10 Å². The van der Waals surface area contributed by atoms with Gasteiger partial charge in [-0.15, -0.1) is 0 Å². The number of aliphatic carboxylic acids is 1. The molecule has 1 heterocycles. The predicted molar refractivity (Wildman–Crippen MR) is 134 cm³/mol. The zero-order valence-corrected chi connectivity index (χ0v) is 18.8. The van der Waals surface area contributed by atoms with E-state index in [9.17, 15) is 19.5 Å². The average molecular weight is 469 g/mol. The van der Waals surface area contributed by atoms with Crippen LogP contribution in [0.15, 0.2) is 85.1 Å². The maximum Gasteiger partial charge on any atom is 0.326 e. The Balaban J connectivity index is 1.65. The summed E-state index contributed by atoms with van der Waals surface area (Å²) in [4.78, 5) is 34.9. The highest BCUT2D eigenvalue weighted by molar-refractivity contribution is 5.96. The summed E-state index contributed by atoms with van der Waals surface area (Å²) in [5, 5.41) is 18.7. The van der Waals surface area contributed by atoms with Gasteiger partial charge in [-0.1, -0.05) is 54.6 Å². The molecule has 1 unspecified atom stereocenters. The van der Waals surface area contributed by atoms with E-state index >= 15 is 0 Å². The number of carbonyl (C=O) groups excluding carboxylic acids is 2. The normalized spacial score (nSPS) is 12.0. The van der Waals surface area contributed by atoms with Gasteiger partial charge >= 0.3 is 5.97 Å². The second kappa shape index (κ2) is 10.5. The minimum atomic E-state index is -1.23. The standard InChI is InChI=1S/C27H24N4O4/c28-24(32)14-13-23(27(34)35)29-25(33)15-12-21-17-31(22-8-2-1-3-9-22)30-26(21)20-11-10-18-6-4-5-7-19(18)16-20/h1-12,15-17,23H,13-14H2,(H2,28,32)(H,29,33)(H,34,35)/b15-12+. The first-order valence-corrected chi connectivity index (χ1v) is 11.0. The number of rotatable bonds is 9. The molecule has 0 aliphatic heterocycles. The second-order valence-corrected chi connectivity index (χ2v) is 8.01. The molecule has 0 aliphatic carbocycles. The summed E-state index contributed by atoms with van der Waals surface area (Å²) < 4.78 is 1.73. The Kier molecular flexibility index (Phi) is 7.02. The van der Waals surface area contributed by atoms with Crippen LogP contribution in [0.25, 0.3) is 33.8 Å². The van der Waals surface area contributed by atoms with Crippen molar-refractivity contribution < 1.29 is 19.5 Å². The molecule has 0 spiro atoms. The van der Waals surface area contributed by atoms with E-state index in [1.54, 1.807) is 10.8 Å². The molecule has 2 amide bonds. The third-order valence-electron chi connectivity index (χ3n) is 5.49. The molecule has 0 saturated heterocycles. The molecule has 3 aromatic carbocycles. The van der Waals surface area contributed by atoms with Crippen molar-refractivity contribution in [2.75, 3.05) is 0 Å². The number of hydrogen-bond acceptors (Lipinski definition) is 4. The summed E-state index contributed by atoms with van der Waals surface area (Å²) in [6, 6.07) is 22.4. The Morgan fingerprint density at radius 1 is 1.00 bits per heavy atom. The minimum Gasteiger partial charge on any atom is -0.480 e. The van der Waals surface area contributed by atoms with E-state index in [0.29, 0.717) is 11.3 Å². The van der Waals surface area contributed by atoms with Crippen LogP contribution < -0.4 is 11.1 Å². The van der Waals surface area contributed by atoms with E-state index < -0.39 is 23.8 Å². The van der Waals surface area contributed by atoms with Crippen LogP contribution in [0.2, 0.25) is 0 Å². The first kappa shape index (κ1) is 23.4. The van der Waals surface area contributed by atoms with Crippen molar-refractivity contribution in [3.63, 3.8) is 0 Å². The first-order chi connectivity index (χ1) is 16.9. The Morgan fingerprint density at radius 3 is 2.43 bits per heavy atom. The molecule has 176 valence electrons. The number of carboxylic acids is 1. The second-order valence-electron chi connectivity index (χ2n) is 8.01. The Morgan fingerprint density at radius 2 is 1.71 bits per heavy atom. The molecule has 35 heavy (non-hydrogen) atoms. The summed E-state index contributed by atoms with van der Waals surface area (Å²) in [5.74, 6) is -2.46. The lowest BCUT2D eigenvalue weighted by Gasteiger charge is -2.11. The van der Waals surface area contributed by atoms with Crippen molar-refractivity contribution in [1.82, 2.24) is 15.1 Å². The molecule has 4 aromatic rings. The maximum absolute atomic E-state index is 12.5. The third kappa shape index (κ3) is 5.80. The van der Waals surface area contributed by atoms with Crippen LogP contribution in [0.1, 0.15) is 18.4 Å². The van der Waals surface area contributed by atoms with Crippen molar-refractivity contribution in [2.24, 2.45) is 5.73 Å². The van der Waals surface area contributed by atoms with Gasteiger partial charge in [0.1, 0.15) is 6.04 Å². The zero-order chi connectivity index (χ0) is 24.8. The van der Waals surface area contributed by atoms with Gasteiger partial charge in [-0.3, -0.25) is 9.59 Å². The van der Waals surface area contributed by atoms with Crippen LogP contribution >= 0.6 is 0 Å². The van der Waals surface area contributed by atoms with Crippen molar-refractivity contribution in [3.8, 4) is 16.9 Å². The van der Waals surface area contributed by atoms with Crippen molar-refractivity contribution >= 4 is 34.6 Å². The van der Waals surface area contributed by atoms with Crippen molar-refractivity contribution in [3.05, 3.63) is 90.6 Å². The van der Waals surface area contributed by atoms with Crippen LogP contribution in [0.3, 0.4) is 0 Å². The minimum absolute atomic E-state index is 0.0848. The number of aromatic nitrogens is 2. The molecule has 1 aromatic heterocycles. The summed E-state index contributed by atoms with van der Waals surface area (Å²) in [7, 11) is 0. The van der Waals surface area contributed by atoms with E-state index in [4.69, 9.17) is 10.8 Å². The number of nitrogens with two attached hydrogens (primary N) is 1. The number of carbonyl (C=O) groups is 3. The Labute approximate surface area is 201 Å². The van der Waals surface area contributed by atoms with Crippen LogP contribution in [-0.2, 0) is 14.4 Å². The maximum atomic E-state index is 12.5. The SMILES string of the molecule is NC(=O)CCC(NC(=O)/C=C/c1cn(-c2ccccc2)nc1-c1ccc2ccccc2c1)C(=O)O. The average Bonchev–Trinajstić information content (AvgIpc) is 3.29. The van der Waals surface area contributed by atoms with Gasteiger partial charge in [0.15, 0.2) is 0 Å². The van der Waals surface area contributed by atoms with Gasteiger partial charge < -0.3 is 16.2 Å². The predicted octanol–water partition coefficient (Wildman–Crippen LogP) is 3.54. The molecular weight excluding hydrogens is 444 g/mol. The van der Waals surface area contributed by atoms with Gasteiger partial charge in [-0.25, -0.2) is 9.48 Å². The van der Waals surface area contributed by atoms with Crippen molar-refractivity contribution in [2.45, 2.75) is 18.9 Å². The van der Waals surface area contributed by atoms with E-state index in [2.05, 4.69) is 5.32 Å². The van der Waals surface area contributed by atoms with Crippen LogP contribution in [0.5, 0.6) is 0 Å². The Bertz CT molecular complexity index is 1410. The zero-order valence-electron chi connectivity index (χ0n) is 18.8. The lowest BCUT2D eigenvalue weighted by atomic mass is 10.0. The third-order valence-corrected chi connectivity index (χ3v) is 5.49. The fraction of sp³-hybridized carbons (Fsp3) is 0.111. The number of benzene rings is 3. The van der Waals surface area contributed by atoms with Crippen LogP contribution in [0, 0.1) is 0 Å². The summed E-state index contributed by atoms with van der Waals surface area (Å²) >= 11 is 0. The van der Waals surface area contributed by atoms with Crippen LogP contribution in [-0.4, -0.2) is 38.7 Å². The molecule has 0 radical (unpaired) electrons. The molecule has 8 nitrogen and oxygen atoms in total. The number of primary amides is 1. The number of amides is 2. The molecule has 1 atom stereocenters. The largest absolute Gasteiger partial charge is 0.480 e. The molecule has 0 aliphatic rings. The topological polar surface area (TPSA) is 127 Å². The van der Waals surface area contributed by atoms with E-state index in [-0.39, 0.29) is 12.8 Å².